The van der Waals surface area contributed by atoms with Gasteiger partial charge in [-0.2, -0.15) is 0 Å². The van der Waals surface area contributed by atoms with E-state index in [-0.39, 0.29) is 18.9 Å². The minimum atomic E-state index is -0.955. The highest BCUT2D eigenvalue weighted by atomic mass is 16.5. The molecule has 0 aliphatic heterocycles. The molecule has 1 heterocycles. The van der Waals surface area contributed by atoms with Crippen LogP contribution in [0.3, 0.4) is 0 Å². The van der Waals surface area contributed by atoms with E-state index in [9.17, 15) is 9.90 Å². The van der Waals surface area contributed by atoms with Gasteiger partial charge in [-0.1, -0.05) is 35.5 Å². The third kappa shape index (κ3) is 4.93. The van der Waals surface area contributed by atoms with Gasteiger partial charge in [0.25, 0.3) is 0 Å². The van der Waals surface area contributed by atoms with Crippen LogP contribution in [-0.4, -0.2) is 33.2 Å². The fourth-order valence-electron chi connectivity index (χ4n) is 2.52. The topological polar surface area (TPSA) is 66.6 Å². The van der Waals surface area contributed by atoms with Gasteiger partial charge >= 0.3 is 0 Å². The third-order valence-corrected chi connectivity index (χ3v) is 3.66. The predicted octanol–water partition coefficient (Wildman–Crippen LogP) is 2.63. The van der Waals surface area contributed by atoms with E-state index in [1.807, 2.05) is 37.3 Å². The molecule has 0 fully saturated rings. The highest BCUT2D eigenvalue weighted by Crippen LogP contribution is 2.17. The molecule has 2 rings (SSSR count). The molecular weight excluding hydrogens is 292 g/mol. The Hall–Kier alpha value is -2.14. The first kappa shape index (κ1) is 17.2. The number of rotatable bonds is 6. The molecule has 0 radical (unpaired) electrons. The maximum absolute atomic E-state index is 12.7. The van der Waals surface area contributed by atoms with Crippen molar-refractivity contribution in [1.82, 2.24) is 10.1 Å². The molecule has 23 heavy (non-hydrogen) atoms. The second-order valence-electron chi connectivity index (χ2n) is 6.53. The molecule has 0 saturated heterocycles. The van der Waals surface area contributed by atoms with Crippen LogP contribution < -0.4 is 0 Å². The monoisotopic (exact) mass is 316 g/mol. The fraction of sp³-hybridized carbons (Fsp3) is 0.444. The van der Waals surface area contributed by atoms with Crippen LogP contribution in [0.5, 0.6) is 0 Å². The summed E-state index contributed by atoms with van der Waals surface area (Å²) < 4.78 is 5.12. The summed E-state index contributed by atoms with van der Waals surface area (Å²) in [5, 5.41) is 14.0. The Morgan fingerprint density at radius 3 is 2.43 bits per heavy atom. The Morgan fingerprint density at radius 1 is 1.26 bits per heavy atom. The fourth-order valence-corrected chi connectivity index (χ4v) is 2.52. The molecular formula is C18H24N2O3. The van der Waals surface area contributed by atoms with Crippen molar-refractivity contribution in [3.63, 3.8) is 0 Å². The molecule has 0 saturated carbocycles. The number of aromatic nitrogens is 1. The summed E-state index contributed by atoms with van der Waals surface area (Å²) in [7, 11) is 0. The van der Waals surface area contributed by atoms with E-state index < -0.39 is 5.60 Å². The van der Waals surface area contributed by atoms with Crippen molar-refractivity contribution in [2.75, 3.05) is 6.54 Å². The van der Waals surface area contributed by atoms with Crippen LogP contribution in [0.4, 0.5) is 0 Å². The minimum absolute atomic E-state index is 0.0506. The molecule has 0 aliphatic carbocycles. The van der Waals surface area contributed by atoms with Crippen LogP contribution in [0.1, 0.15) is 36.4 Å². The zero-order valence-corrected chi connectivity index (χ0v) is 14.2. The van der Waals surface area contributed by atoms with Crippen LogP contribution in [0.25, 0.3) is 0 Å². The summed E-state index contributed by atoms with van der Waals surface area (Å²) in [6.07, 6.45) is 0.226. The summed E-state index contributed by atoms with van der Waals surface area (Å²) in [6.45, 7) is 7.77. The van der Waals surface area contributed by atoms with Crippen molar-refractivity contribution in [2.24, 2.45) is 0 Å². The second-order valence-corrected chi connectivity index (χ2v) is 6.53. The maximum atomic E-state index is 12.7. The van der Waals surface area contributed by atoms with Gasteiger partial charge in [0, 0.05) is 18.7 Å². The lowest BCUT2D eigenvalue weighted by Crippen LogP contribution is -2.42. The van der Waals surface area contributed by atoms with E-state index in [4.69, 9.17) is 4.52 Å². The lowest BCUT2D eigenvalue weighted by Gasteiger charge is -2.29. The molecule has 0 aliphatic rings. The normalized spacial score (nSPS) is 11.5. The number of benzene rings is 1. The summed E-state index contributed by atoms with van der Waals surface area (Å²) >= 11 is 0. The van der Waals surface area contributed by atoms with E-state index in [1.165, 1.54) is 0 Å². The number of hydrogen-bond acceptors (Lipinski definition) is 4. The highest BCUT2D eigenvalue weighted by Gasteiger charge is 2.24. The molecule has 5 heteroatoms. The number of aliphatic hydroxyl groups is 1. The first-order valence-corrected chi connectivity index (χ1v) is 7.72. The van der Waals surface area contributed by atoms with Crippen molar-refractivity contribution in [1.29, 1.82) is 0 Å². The first-order chi connectivity index (χ1) is 10.8. The Balaban J connectivity index is 2.17. The molecule has 1 amide bonds. The van der Waals surface area contributed by atoms with Gasteiger partial charge in [0.2, 0.25) is 5.91 Å². The highest BCUT2D eigenvalue weighted by molar-refractivity contribution is 5.79. The van der Waals surface area contributed by atoms with Crippen LogP contribution in [-0.2, 0) is 17.8 Å². The van der Waals surface area contributed by atoms with Gasteiger partial charge in [-0.3, -0.25) is 4.79 Å². The smallest absolute Gasteiger partial charge is 0.227 e. The third-order valence-electron chi connectivity index (χ3n) is 3.66. The summed E-state index contributed by atoms with van der Waals surface area (Å²) in [6, 6.07) is 9.77. The molecule has 124 valence electrons. The van der Waals surface area contributed by atoms with E-state index >= 15 is 0 Å². The minimum Gasteiger partial charge on any atom is -0.389 e. The average Bonchev–Trinajstić information content (AvgIpc) is 2.78. The van der Waals surface area contributed by atoms with E-state index in [0.29, 0.717) is 12.3 Å². The van der Waals surface area contributed by atoms with Crippen LogP contribution in [0.2, 0.25) is 0 Å². The summed E-state index contributed by atoms with van der Waals surface area (Å²) in [4.78, 5) is 14.4. The number of hydrogen-bond donors (Lipinski definition) is 1. The number of aryl methyl sites for hydroxylation is 2. The Bertz CT molecular complexity index is 637. The van der Waals surface area contributed by atoms with Crippen LogP contribution in [0, 0.1) is 13.8 Å². The molecule has 0 unspecified atom stereocenters. The quantitative estimate of drug-likeness (QED) is 0.889. The van der Waals surface area contributed by atoms with Crippen molar-refractivity contribution in [3.8, 4) is 0 Å². The molecule has 0 bridgehead atoms. The molecule has 2 aromatic rings. The van der Waals surface area contributed by atoms with E-state index in [0.717, 1.165) is 16.8 Å². The molecule has 1 N–H and O–H groups in total. The molecule has 1 aromatic heterocycles. The first-order valence-electron chi connectivity index (χ1n) is 7.72. The molecule has 1 aromatic carbocycles. The zero-order valence-electron chi connectivity index (χ0n) is 14.2. The molecule has 5 nitrogen and oxygen atoms in total. The van der Waals surface area contributed by atoms with Gasteiger partial charge in [-0.25, -0.2) is 0 Å². The largest absolute Gasteiger partial charge is 0.389 e. The standard InChI is InChI=1S/C18H24N2O3/c1-13-16(14(2)23-19-13)10-17(21)20(12-18(3,4)22)11-15-8-6-5-7-9-15/h5-9,22H,10-12H2,1-4H3. The predicted molar refractivity (Wildman–Crippen MR) is 87.8 cm³/mol. The van der Waals surface area contributed by atoms with Crippen molar-refractivity contribution >= 4 is 5.91 Å². The molecule has 0 spiro atoms. The van der Waals surface area contributed by atoms with Gasteiger partial charge in [0.15, 0.2) is 0 Å². The van der Waals surface area contributed by atoms with Gasteiger partial charge in [-0.05, 0) is 33.3 Å². The summed E-state index contributed by atoms with van der Waals surface area (Å²) in [5.74, 6) is 0.615. The van der Waals surface area contributed by atoms with E-state index in [1.54, 1.807) is 25.7 Å². The average molecular weight is 316 g/mol. The Morgan fingerprint density at radius 2 is 1.91 bits per heavy atom. The maximum Gasteiger partial charge on any atom is 0.227 e. The van der Waals surface area contributed by atoms with Crippen molar-refractivity contribution in [2.45, 2.75) is 46.3 Å². The SMILES string of the molecule is Cc1noc(C)c1CC(=O)N(Cc1ccccc1)CC(C)(C)O. The number of carbonyl (C=O) groups excluding carboxylic acids is 1. The number of carbonyl (C=O) groups is 1. The van der Waals surface area contributed by atoms with Gasteiger partial charge in [-0.15, -0.1) is 0 Å². The lowest BCUT2D eigenvalue weighted by molar-refractivity contribution is -0.134. The Labute approximate surface area is 136 Å². The van der Waals surface area contributed by atoms with Gasteiger partial charge in [0.05, 0.1) is 17.7 Å². The number of amides is 1. The van der Waals surface area contributed by atoms with Crippen LogP contribution in [0.15, 0.2) is 34.9 Å². The van der Waals surface area contributed by atoms with Crippen LogP contribution >= 0.6 is 0 Å². The summed E-state index contributed by atoms with van der Waals surface area (Å²) in [5.41, 5.74) is 1.63. The lowest BCUT2D eigenvalue weighted by atomic mass is 10.1. The number of nitrogens with zero attached hydrogens (tertiary/aromatic N) is 2. The van der Waals surface area contributed by atoms with Crippen molar-refractivity contribution < 1.29 is 14.4 Å². The molecule has 0 atom stereocenters. The van der Waals surface area contributed by atoms with Gasteiger partial charge in [0.1, 0.15) is 5.76 Å². The second kappa shape index (κ2) is 6.96. The zero-order chi connectivity index (χ0) is 17.0. The van der Waals surface area contributed by atoms with Crippen molar-refractivity contribution in [3.05, 3.63) is 52.9 Å². The van der Waals surface area contributed by atoms with E-state index in [2.05, 4.69) is 5.16 Å². The Kier molecular flexibility index (Phi) is 5.21. The van der Waals surface area contributed by atoms with Gasteiger partial charge < -0.3 is 14.5 Å².